The van der Waals surface area contributed by atoms with Gasteiger partial charge in [0.15, 0.2) is 5.11 Å². The lowest BCUT2D eigenvalue weighted by atomic mass is 10.1. The van der Waals surface area contributed by atoms with Crippen molar-refractivity contribution < 1.29 is 9.53 Å². The van der Waals surface area contributed by atoms with Gasteiger partial charge in [0.25, 0.3) is 5.91 Å². The average molecular weight is 350 g/mol. The van der Waals surface area contributed by atoms with Gasteiger partial charge in [-0.3, -0.25) is 10.1 Å². The van der Waals surface area contributed by atoms with Crippen molar-refractivity contribution in [1.82, 2.24) is 10.6 Å². The lowest BCUT2D eigenvalue weighted by Crippen LogP contribution is -2.39. The van der Waals surface area contributed by atoms with Gasteiger partial charge in [0.05, 0.1) is 12.7 Å². The van der Waals surface area contributed by atoms with Crippen molar-refractivity contribution in [3.8, 4) is 5.75 Å². The summed E-state index contributed by atoms with van der Waals surface area (Å²) in [5.41, 5.74) is 1.53. The molecule has 3 aromatic carbocycles. The molecule has 0 heterocycles. The molecule has 5 heteroatoms. The van der Waals surface area contributed by atoms with Gasteiger partial charge in [0, 0.05) is 6.54 Å². The first-order valence-electron chi connectivity index (χ1n) is 7.87. The molecule has 1 amide bonds. The predicted octanol–water partition coefficient (Wildman–Crippen LogP) is 3.65. The molecular weight excluding hydrogens is 332 g/mol. The molecule has 4 nitrogen and oxygen atoms in total. The van der Waals surface area contributed by atoms with E-state index in [1.807, 2.05) is 66.7 Å². The van der Waals surface area contributed by atoms with Crippen molar-refractivity contribution in [2.45, 2.75) is 6.54 Å². The van der Waals surface area contributed by atoms with Crippen LogP contribution in [0.3, 0.4) is 0 Å². The zero-order chi connectivity index (χ0) is 17.6. The Kier molecular flexibility index (Phi) is 5.26. The number of nitrogens with one attached hydrogen (secondary N) is 2. The lowest BCUT2D eigenvalue weighted by molar-refractivity contribution is 0.0974. The van der Waals surface area contributed by atoms with E-state index in [9.17, 15) is 4.79 Å². The quantitative estimate of drug-likeness (QED) is 0.705. The standard InChI is InChI=1S/C20H18N2O2S/c1-24-18-12-16-10-6-5-9-15(16)11-17(18)19(23)22-20(25)21-13-14-7-3-2-4-8-14/h2-12H,13H2,1H3,(H2,21,22,23,25). The molecule has 126 valence electrons. The summed E-state index contributed by atoms with van der Waals surface area (Å²) >= 11 is 5.22. The van der Waals surface area contributed by atoms with Crippen LogP contribution in [0.2, 0.25) is 0 Å². The molecule has 0 radical (unpaired) electrons. The molecule has 0 saturated carbocycles. The number of hydrogen-bond acceptors (Lipinski definition) is 3. The normalized spacial score (nSPS) is 10.3. The predicted molar refractivity (Wildman–Crippen MR) is 104 cm³/mol. The summed E-state index contributed by atoms with van der Waals surface area (Å²) in [7, 11) is 1.55. The summed E-state index contributed by atoms with van der Waals surface area (Å²) in [5.74, 6) is 0.218. The molecular formula is C20H18N2O2S. The van der Waals surface area contributed by atoms with Crippen LogP contribution in [-0.4, -0.2) is 18.1 Å². The number of rotatable bonds is 4. The third kappa shape index (κ3) is 4.14. The second-order valence-corrected chi connectivity index (χ2v) is 5.93. The van der Waals surface area contributed by atoms with Gasteiger partial charge in [-0.1, -0.05) is 54.6 Å². The molecule has 0 spiro atoms. The van der Waals surface area contributed by atoms with Gasteiger partial charge < -0.3 is 10.1 Å². The Balaban J connectivity index is 1.72. The van der Waals surface area contributed by atoms with E-state index in [-0.39, 0.29) is 11.0 Å². The van der Waals surface area contributed by atoms with Gasteiger partial charge in [0.2, 0.25) is 0 Å². The van der Waals surface area contributed by atoms with Gasteiger partial charge in [-0.15, -0.1) is 0 Å². The van der Waals surface area contributed by atoms with Crippen molar-refractivity contribution in [2.24, 2.45) is 0 Å². The van der Waals surface area contributed by atoms with Crippen molar-refractivity contribution in [3.63, 3.8) is 0 Å². The third-order valence-electron chi connectivity index (χ3n) is 3.84. The summed E-state index contributed by atoms with van der Waals surface area (Å²) in [6.45, 7) is 0.550. The van der Waals surface area contributed by atoms with Crippen LogP contribution in [0.15, 0.2) is 66.7 Å². The van der Waals surface area contributed by atoms with E-state index in [1.165, 1.54) is 0 Å². The summed E-state index contributed by atoms with van der Waals surface area (Å²) in [4.78, 5) is 12.6. The van der Waals surface area contributed by atoms with Crippen LogP contribution in [0.5, 0.6) is 5.75 Å². The Labute approximate surface area is 151 Å². The molecule has 0 fully saturated rings. The zero-order valence-corrected chi connectivity index (χ0v) is 14.6. The first kappa shape index (κ1) is 16.9. The van der Waals surface area contributed by atoms with E-state index in [0.717, 1.165) is 16.3 Å². The molecule has 0 aromatic heterocycles. The zero-order valence-electron chi connectivity index (χ0n) is 13.8. The van der Waals surface area contributed by atoms with Crippen LogP contribution in [0.4, 0.5) is 0 Å². The summed E-state index contributed by atoms with van der Waals surface area (Å²) in [6.07, 6.45) is 0. The number of thiocarbonyl (C=S) groups is 1. The van der Waals surface area contributed by atoms with Crippen molar-refractivity contribution in [3.05, 3.63) is 77.9 Å². The van der Waals surface area contributed by atoms with E-state index >= 15 is 0 Å². The topological polar surface area (TPSA) is 50.4 Å². The molecule has 0 aliphatic carbocycles. The fourth-order valence-corrected chi connectivity index (χ4v) is 2.72. The maximum absolute atomic E-state index is 12.6. The van der Waals surface area contributed by atoms with Gasteiger partial charge in [-0.05, 0) is 40.7 Å². The van der Waals surface area contributed by atoms with Crippen LogP contribution >= 0.6 is 12.2 Å². The maximum Gasteiger partial charge on any atom is 0.261 e. The molecule has 0 saturated heterocycles. The molecule has 3 aromatic rings. The highest BCUT2D eigenvalue weighted by atomic mass is 32.1. The second kappa shape index (κ2) is 7.77. The molecule has 0 aliphatic heterocycles. The number of carbonyl (C=O) groups excluding carboxylic acids is 1. The monoisotopic (exact) mass is 350 g/mol. The highest BCUT2D eigenvalue weighted by molar-refractivity contribution is 7.80. The number of ether oxygens (including phenoxy) is 1. The van der Waals surface area contributed by atoms with Gasteiger partial charge in [-0.2, -0.15) is 0 Å². The van der Waals surface area contributed by atoms with Gasteiger partial charge in [-0.25, -0.2) is 0 Å². The number of benzene rings is 3. The first-order valence-corrected chi connectivity index (χ1v) is 8.28. The fourth-order valence-electron chi connectivity index (χ4n) is 2.56. The fraction of sp³-hybridized carbons (Fsp3) is 0.100. The Morgan fingerprint density at radius 3 is 2.32 bits per heavy atom. The Morgan fingerprint density at radius 2 is 1.64 bits per heavy atom. The molecule has 3 rings (SSSR count). The van der Waals surface area contributed by atoms with Gasteiger partial charge >= 0.3 is 0 Å². The molecule has 0 atom stereocenters. The molecule has 25 heavy (non-hydrogen) atoms. The van der Waals surface area contributed by atoms with E-state index in [1.54, 1.807) is 7.11 Å². The number of carbonyl (C=O) groups is 1. The lowest BCUT2D eigenvalue weighted by Gasteiger charge is -2.13. The number of fused-ring (bicyclic) bond motifs is 1. The first-order chi connectivity index (χ1) is 12.2. The average Bonchev–Trinajstić information content (AvgIpc) is 2.66. The Bertz CT molecular complexity index is 910. The Hall–Kier alpha value is -2.92. The van der Waals surface area contributed by atoms with Crippen molar-refractivity contribution >= 4 is 34.0 Å². The SMILES string of the molecule is COc1cc2ccccc2cc1C(=O)NC(=S)NCc1ccccc1. The maximum atomic E-state index is 12.6. The smallest absolute Gasteiger partial charge is 0.261 e. The van der Waals surface area contributed by atoms with E-state index in [2.05, 4.69) is 10.6 Å². The highest BCUT2D eigenvalue weighted by Gasteiger charge is 2.14. The molecule has 2 N–H and O–H groups in total. The van der Waals surface area contributed by atoms with Crippen molar-refractivity contribution in [2.75, 3.05) is 7.11 Å². The minimum atomic E-state index is -0.298. The molecule has 0 bridgehead atoms. The van der Waals surface area contributed by atoms with Crippen LogP contribution in [0, 0.1) is 0 Å². The van der Waals surface area contributed by atoms with Gasteiger partial charge in [0.1, 0.15) is 5.75 Å². The number of methoxy groups -OCH3 is 1. The second-order valence-electron chi connectivity index (χ2n) is 5.52. The Morgan fingerprint density at radius 1 is 1.00 bits per heavy atom. The highest BCUT2D eigenvalue weighted by Crippen LogP contribution is 2.25. The van der Waals surface area contributed by atoms with Crippen LogP contribution in [0.1, 0.15) is 15.9 Å². The largest absolute Gasteiger partial charge is 0.496 e. The summed E-state index contributed by atoms with van der Waals surface area (Å²) < 4.78 is 5.36. The van der Waals surface area contributed by atoms with Crippen LogP contribution in [0.25, 0.3) is 10.8 Å². The van der Waals surface area contributed by atoms with Crippen molar-refractivity contribution in [1.29, 1.82) is 0 Å². The summed E-state index contributed by atoms with van der Waals surface area (Å²) in [6, 6.07) is 21.3. The number of amides is 1. The third-order valence-corrected chi connectivity index (χ3v) is 4.08. The molecule has 0 unspecified atom stereocenters. The molecule has 0 aliphatic rings. The van der Waals surface area contributed by atoms with E-state index < -0.39 is 0 Å². The van der Waals surface area contributed by atoms with Crippen LogP contribution in [-0.2, 0) is 6.54 Å². The minimum Gasteiger partial charge on any atom is -0.496 e. The van der Waals surface area contributed by atoms with E-state index in [0.29, 0.717) is 17.9 Å². The van der Waals surface area contributed by atoms with Crippen LogP contribution < -0.4 is 15.4 Å². The minimum absolute atomic E-state index is 0.282. The number of hydrogen-bond donors (Lipinski definition) is 2. The summed E-state index contributed by atoms with van der Waals surface area (Å²) in [5, 5.41) is 8.01. The van der Waals surface area contributed by atoms with E-state index in [4.69, 9.17) is 17.0 Å².